The van der Waals surface area contributed by atoms with Crippen molar-refractivity contribution in [3.8, 4) is 5.75 Å². The van der Waals surface area contributed by atoms with Crippen molar-refractivity contribution >= 4 is 16.8 Å². The largest absolute Gasteiger partial charge is 1.00 e. The van der Waals surface area contributed by atoms with Crippen molar-refractivity contribution in [2.75, 3.05) is 12.8 Å². The molecular weight excluding hydrogens is 201 g/mol. The van der Waals surface area contributed by atoms with Crippen molar-refractivity contribution in [1.82, 2.24) is 0 Å². The molecule has 0 aliphatic carbocycles. The first-order valence-electron chi connectivity index (χ1n) is 3.18. The molecule has 66 valence electrons. The average molecular weight is 209 g/mol. The van der Waals surface area contributed by atoms with Crippen LogP contribution in [0.5, 0.6) is 5.75 Å². The number of nitrogens with two attached hydrogens (primary N) is 1. The van der Waals surface area contributed by atoms with Gasteiger partial charge in [0.05, 0.1) is 12.0 Å². The van der Waals surface area contributed by atoms with E-state index >= 15 is 0 Å². The van der Waals surface area contributed by atoms with E-state index < -0.39 is 11.1 Å². The van der Waals surface area contributed by atoms with Crippen LogP contribution in [0, 0.1) is 0 Å². The molecule has 0 heterocycles. The van der Waals surface area contributed by atoms with Crippen LogP contribution < -0.4 is 40.0 Å². The predicted octanol–water partition coefficient (Wildman–Crippen LogP) is -2.48. The van der Waals surface area contributed by atoms with Gasteiger partial charge < -0.3 is 15.0 Å². The smallest absolute Gasteiger partial charge is 0.768 e. The van der Waals surface area contributed by atoms with E-state index in [-0.39, 0.29) is 34.5 Å². The number of benzene rings is 1. The molecule has 0 radical (unpaired) electrons. The van der Waals surface area contributed by atoms with Crippen LogP contribution in [0.2, 0.25) is 0 Å². The van der Waals surface area contributed by atoms with Gasteiger partial charge in [0, 0.05) is 5.69 Å². The maximum Gasteiger partial charge on any atom is 1.00 e. The Morgan fingerprint density at radius 1 is 1.54 bits per heavy atom. The van der Waals surface area contributed by atoms with Crippen LogP contribution in [-0.4, -0.2) is 15.9 Å². The summed E-state index contributed by atoms with van der Waals surface area (Å²) < 4.78 is 26.0. The first-order chi connectivity index (χ1) is 5.65. The summed E-state index contributed by atoms with van der Waals surface area (Å²) in [5.74, 6) is 0.303. The Morgan fingerprint density at radius 3 is 2.62 bits per heavy atom. The molecule has 0 spiro atoms. The molecule has 2 N–H and O–H groups in total. The summed E-state index contributed by atoms with van der Waals surface area (Å²) in [5, 5.41) is 0. The zero-order valence-corrected chi connectivity index (χ0v) is 10.3. The molecule has 1 rings (SSSR count). The van der Waals surface area contributed by atoms with Gasteiger partial charge in [-0.2, -0.15) is 0 Å². The van der Waals surface area contributed by atoms with Crippen LogP contribution in [0.15, 0.2) is 23.1 Å². The molecule has 1 aromatic rings. The van der Waals surface area contributed by atoms with Crippen molar-refractivity contribution in [3.63, 3.8) is 0 Å². The van der Waals surface area contributed by atoms with Gasteiger partial charge in [-0.15, -0.1) is 0 Å². The summed E-state index contributed by atoms with van der Waals surface area (Å²) in [6, 6.07) is 4.44. The number of rotatable bonds is 2. The fourth-order valence-electron chi connectivity index (χ4n) is 0.824. The fraction of sp³-hybridized carbons (Fsp3) is 0.143. The van der Waals surface area contributed by atoms with Crippen LogP contribution in [0.1, 0.15) is 0 Å². The molecule has 6 heteroatoms. The van der Waals surface area contributed by atoms with E-state index in [4.69, 9.17) is 10.5 Å². The molecule has 13 heavy (non-hydrogen) atoms. The van der Waals surface area contributed by atoms with Crippen molar-refractivity contribution < 1.29 is 43.1 Å². The Hall–Kier alpha value is -0.0700. The molecule has 1 atom stereocenters. The minimum atomic E-state index is -2.31. The predicted molar refractivity (Wildman–Crippen MR) is 44.6 cm³/mol. The molecule has 0 bridgehead atoms. The third-order valence-electron chi connectivity index (χ3n) is 1.37. The second-order valence-electron chi connectivity index (χ2n) is 2.15. The maximum absolute atomic E-state index is 10.6. The van der Waals surface area contributed by atoms with E-state index in [0.717, 1.165) is 0 Å². The molecule has 0 fully saturated rings. The van der Waals surface area contributed by atoms with Crippen LogP contribution in [-0.2, 0) is 11.1 Å². The summed E-state index contributed by atoms with van der Waals surface area (Å²) in [7, 11) is 1.40. The van der Waals surface area contributed by atoms with Gasteiger partial charge in [-0.1, -0.05) is 0 Å². The normalized spacial score (nSPS) is 11.5. The molecule has 0 aliphatic heterocycles. The number of hydrogen-bond donors (Lipinski definition) is 1. The minimum absolute atomic E-state index is 0. The Morgan fingerprint density at radius 2 is 2.15 bits per heavy atom. The zero-order chi connectivity index (χ0) is 9.14. The second-order valence-corrected chi connectivity index (χ2v) is 3.05. The summed E-state index contributed by atoms with van der Waals surface area (Å²) in [6.45, 7) is 0. The van der Waals surface area contributed by atoms with E-state index in [1.807, 2.05) is 0 Å². The minimum Gasteiger partial charge on any atom is -0.768 e. The zero-order valence-electron chi connectivity index (χ0n) is 7.44. The van der Waals surface area contributed by atoms with Gasteiger partial charge >= 0.3 is 29.6 Å². The number of methoxy groups -OCH3 is 1. The summed E-state index contributed by atoms with van der Waals surface area (Å²) in [5.41, 5.74) is 5.79. The van der Waals surface area contributed by atoms with Gasteiger partial charge in [0.1, 0.15) is 5.75 Å². The SMILES string of the molecule is COc1ccc(N)cc1S(=O)[O-].[Na+]. The van der Waals surface area contributed by atoms with Crippen molar-refractivity contribution in [2.45, 2.75) is 4.90 Å². The molecule has 1 unspecified atom stereocenters. The third kappa shape index (κ3) is 3.28. The maximum atomic E-state index is 10.6. The Balaban J connectivity index is 0.00000144. The van der Waals surface area contributed by atoms with Gasteiger partial charge in [-0.3, -0.25) is 4.21 Å². The van der Waals surface area contributed by atoms with E-state index in [0.29, 0.717) is 11.4 Å². The van der Waals surface area contributed by atoms with Crippen molar-refractivity contribution in [1.29, 1.82) is 0 Å². The quantitative estimate of drug-likeness (QED) is 0.332. The summed E-state index contributed by atoms with van der Waals surface area (Å²) in [6.07, 6.45) is 0. The van der Waals surface area contributed by atoms with Gasteiger partial charge in [0.25, 0.3) is 0 Å². The number of hydrogen-bond acceptors (Lipinski definition) is 4. The third-order valence-corrected chi connectivity index (χ3v) is 2.05. The molecular formula is C7H8NNaO3S. The standard InChI is InChI=1S/C7H9NO3S.Na/c1-11-6-3-2-5(8)4-7(6)12(9)10;/h2-4H,8H2,1H3,(H,9,10);/q;+1/p-1. The summed E-state index contributed by atoms with van der Waals surface area (Å²) in [4.78, 5) is 0.0810. The van der Waals surface area contributed by atoms with Crippen LogP contribution in [0.4, 0.5) is 5.69 Å². The number of ether oxygens (including phenoxy) is 1. The Labute approximate surface area is 101 Å². The Bertz CT molecular complexity index is 319. The fourth-order valence-corrected chi connectivity index (χ4v) is 1.37. The monoisotopic (exact) mass is 209 g/mol. The number of nitrogen functional groups attached to an aromatic ring is 1. The van der Waals surface area contributed by atoms with Gasteiger partial charge in [0.2, 0.25) is 0 Å². The molecule has 1 aromatic carbocycles. The molecule has 0 saturated carbocycles. The molecule has 4 nitrogen and oxygen atoms in total. The van der Waals surface area contributed by atoms with E-state index in [2.05, 4.69) is 0 Å². The first kappa shape index (κ1) is 12.9. The topological polar surface area (TPSA) is 75.4 Å². The van der Waals surface area contributed by atoms with Crippen LogP contribution >= 0.6 is 0 Å². The first-order valence-corrected chi connectivity index (χ1v) is 4.25. The Kier molecular flexibility index (Phi) is 5.59. The molecule has 0 aromatic heterocycles. The molecule has 0 saturated heterocycles. The second kappa shape index (κ2) is 5.62. The molecule has 0 aliphatic rings. The molecule has 0 amide bonds. The number of anilines is 1. The van der Waals surface area contributed by atoms with Crippen LogP contribution in [0.25, 0.3) is 0 Å². The van der Waals surface area contributed by atoms with Crippen molar-refractivity contribution in [2.24, 2.45) is 0 Å². The van der Waals surface area contributed by atoms with Gasteiger partial charge in [-0.05, 0) is 29.3 Å². The average Bonchev–Trinajstić information content (AvgIpc) is 2.04. The van der Waals surface area contributed by atoms with Crippen LogP contribution in [0.3, 0.4) is 0 Å². The van der Waals surface area contributed by atoms with E-state index in [9.17, 15) is 8.76 Å². The summed E-state index contributed by atoms with van der Waals surface area (Å²) >= 11 is -2.31. The van der Waals surface area contributed by atoms with E-state index in [1.54, 1.807) is 6.07 Å². The van der Waals surface area contributed by atoms with Crippen molar-refractivity contribution in [3.05, 3.63) is 18.2 Å². The van der Waals surface area contributed by atoms with Gasteiger partial charge in [-0.25, -0.2) is 0 Å². The van der Waals surface area contributed by atoms with Gasteiger partial charge in [0.15, 0.2) is 0 Å². The van der Waals surface area contributed by atoms with E-state index in [1.165, 1.54) is 19.2 Å².